The van der Waals surface area contributed by atoms with Gasteiger partial charge in [-0.25, -0.2) is 4.98 Å². The Bertz CT molecular complexity index is 775. The minimum Gasteiger partial charge on any atom is -0.386 e. The molecular formula is C19H26N6O3. The molecule has 3 aliphatic heterocycles. The lowest BCUT2D eigenvalue weighted by molar-refractivity contribution is -0.125. The minimum absolute atomic E-state index is 0.0345. The largest absolute Gasteiger partial charge is 0.386 e. The van der Waals surface area contributed by atoms with E-state index in [0.717, 1.165) is 25.9 Å². The predicted molar refractivity (Wildman–Crippen MR) is 102 cm³/mol. The van der Waals surface area contributed by atoms with E-state index in [4.69, 9.17) is 4.84 Å². The second-order valence-electron chi connectivity index (χ2n) is 8.04. The molecule has 2 saturated heterocycles. The average Bonchev–Trinajstić information content (AvgIpc) is 3.34. The summed E-state index contributed by atoms with van der Waals surface area (Å²) < 4.78 is 0. The Kier molecular flexibility index (Phi) is 5.01. The highest BCUT2D eigenvalue weighted by molar-refractivity contribution is 6.39. The summed E-state index contributed by atoms with van der Waals surface area (Å²) in [7, 11) is 4.16. The summed E-state index contributed by atoms with van der Waals surface area (Å²) in [6.45, 7) is 2.45. The molecule has 9 heteroatoms. The van der Waals surface area contributed by atoms with Gasteiger partial charge < -0.3 is 19.5 Å². The van der Waals surface area contributed by atoms with Gasteiger partial charge in [0.25, 0.3) is 11.8 Å². The summed E-state index contributed by atoms with van der Waals surface area (Å²) in [6.07, 6.45) is 7.55. The highest BCUT2D eigenvalue weighted by Gasteiger charge is 2.48. The fraction of sp³-hybridized carbons (Fsp3) is 0.632. The first kappa shape index (κ1) is 18.8. The summed E-state index contributed by atoms with van der Waals surface area (Å²) in [5.41, 5.74) is 0.195. The van der Waals surface area contributed by atoms with Crippen LogP contribution in [0.1, 0.15) is 36.2 Å². The molecule has 1 atom stereocenters. The van der Waals surface area contributed by atoms with E-state index < -0.39 is 5.60 Å². The van der Waals surface area contributed by atoms with Crippen molar-refractivity contribution in [1.29, 1.82) is 0 Å². The molecule has 2 fully saturated rings. The standard InChI is InChI=1S/C19H26N6O3/c1-23(2)14-3-8-24(9-4-14)17(26)15-11-19(28-22-15)5-10-25(13-19)18(27)16-12-20-6-7-21-16/h6-7,12,14H,3-5,8-11,13H2,1-2H3/t19-/m1/s1. The van der Waals surface area contributed by atoms with Crippen molar-refractivity contribution in [3.63, 3.8) is 0 Å². The van der Waals surface area contributed by atoms with Crippen LogP contribution in [0.5, 0.6) is 0 Å². The van der Waals surface area contributed by atoms with E-state index in [1.54, 1.807) is 4.90 Å². The van der Waals surface area contributed by atoms with Crippen LogP contribution in [0, 0.1) is 0 Å². The van der Waals surface area contributed by atoms with Gasteiger partial charge in [0.1, 0.15) is 11.4 Å². The molecule has 0 unspecified atom stereocenters. The summed E-state index contributed by atoms with van der Waals surface area (Å²) >= 11 is 0. The summed E-state index contributed by atoms with van der Waals surface area (Å²) in [4.78, 5) is 45.0. The lowest BCUT2D eigenvalue weighted by Crippen LogP contribution is -2.47. The van der Waals surface area contributed by atoms with Crippen LogP contribution in [0.15, 0.2) is 23.7 Å². The zero-order valence-corrected chi connectivity index (χ0v) is 16.4. The van der Waals surface area contributed by atoms with Crippen molar-refractivity contribution < 1.29 is 14.4 Å². The van der Waals surface area contributed by atoms with E-state index in [-0.39, 0.29) is 11.8 Å². The third-order valence-corrected chi connectivity index (χ3v) is 5.95. The molecule has 1 spiro atoms. The summed E-state index contributed by atoms with van der Waals surface area (Å²) in [5.74, 6) is -0.202. The quantitative estimate of drug-likeness (QED) is 0.746. The lowest BCUT2D eigenvalue weighted by atomic mass is 9.95. The maximum absolute atomic E-state index is 12.9. The van der Waals surface area contributed by atoms with Gasteiger partial charge in [0.05, 0.1) is 12.7 Å². The second-order valence-corrected chi connectivity index (χ2v) is 8.04. The fourth-order valence-corrected chi connectivity index (χ4v) is 4.21. The first-order valence-electron chi connectivity index (χ1n) is 9.73. The van der Waals surface area contributed by atoms with Gasteiger partial charge in [0, 0.05) is 50.9 Å². The molecule has 0 radical (unpaired) electrons. The number of nitrogens with zero attached hydrogens (tertiary/aromatic N) is 6. The molecule has 0 saturated carbocycles. The van der Waals surface area contributed by atoms with E-state index in [1.165, 1.54) is 18.6 Å². The van der Waals surface area contributed by atoms with Crippen LogP contribution >= 0.6 is 0 Å². The monoisotopic (exact) mass is 386 g/mol. The number of likely N-dealkylation sites (tertiary alicyclic amines) is 2. The highest BCUT2D eigenvalue weighted by Crippen LogP contribution is 2.35. The first-order valence-corrected chi connectivity index (χ1v) is 9.73. The molecule has 150 valence electrons. The molecule has 1 aromatic heterocycles. The number of hydrogen-bond donors (Lipinski definition) is 0. The topological polar surface area (TPSA) is 91.2 Å². The number of aromatic nitrogens is 2. The van der Waals surface area contributed by atoms with Crippen LogP contribution in [-0.4, -0.2) is 94.1 Å². The van der Waals surface area contributed by atoms with Crippen LogP contribution < -0.4 is 0 Å². The first-order chi connectivity index (χ1) is 13.5. The van der Waals surface area contributed by atoms with E-state index in [9.17, 15) is 9.59 Å². The van der Waals surface area contributed by atoms with Crippen molar-refractivity contribution in [2.24, 2.45) is 5.16 Å². The molecule has 0 aliphatic carbocycles. The molecule has 2 amide bonds. The normalized spacial score (nSPS) is 25.3. The number of piperidine rings is 1. The summed E-state index contributed by atoms with van der Waals surface area (Å²) in [5, 5.41) is 4.12. The maximum Gasteiger partial charge on any atom is 0.274 e. The van der Waals surface area contributed by atoms with Crippen LogP contribution in [0.25, 0.3) is 0 Å². The van der Waals surface area contributed by atoms with Crippen molar-refractivity contribution in [3.05, 3.63) is 24.3 Å². The third-order valence-electron chi connectivity index (χ3n) is 5.95. The second kappa shape index (κ2) is 7.46. The molecule has 0 bridgehead atoms. The number of rotatable bonds is 3. The molecule has 1 aromatic rings. The van der Waals surface area contributed by atoms with Crippen LogP contribution in [0.2, 0.25) is 0 Å². The molecule has 4 heterocycles. The van der Waals surface area contributed by atoms with E-state index in [1.807, 2.05) is 4.90 Å². The molecule has 9 nitrogen and oxygen atoms in total. The Morgan fingerprint density at radius 3 is 2.61 bits per heavy atom. The number of carbonyl (C=O) groups excluding carboxylic acids is 2. The van der Waals surface area contributed by atoms with Gasteiger partial charge >= 0.3 is 0 Å². The van der Waals surface area contributed by atoms with Gasteiger partial charge in [-0.2, -0.15) is 0 Å². The van der Waals surface area contributed by atoms with Crippen LogP contribution in [0.4, 0.5) is 0 Å². The van der Waals surface area contributed by atoms with Gasteiger partial charge in [-0.3, -0.25) is 14.6 Å². The smallest absolute Gasteiger partial charge is 0.274 e. The Morgan fingerprint density at radius 2 is 1.93 bits per heavy atom. The average molecular weight is 386 g/mol. The van der Waals surface area contributed by atoms with E-state index in [2.05, 4.69) is 34.1 Å². The molecule has 0 aromatic carbocycles. The van der Waals surface area contributed by atoms with Crippen molar-refractivity contribution in [3.8, 4) is 0 Å². The number of hydrogen-bond acceptors (Lipinski definition) is 7. The van der Waals surface area contributed by atoms with Crippen molar-refractivity contribution in [1.82, 2.24) is 24.7 Å². The Balaban J connectivity index is 1.34. The van der Waals surface area contributed by atoms with Crippen molar-refractivity contribution >= 4 is 17.5 Å². The molecule has 4 rings (SSSR count). The molecular weight excluding hydrogens is 360 g/mol. The summed E-state index contributed by atoms with van der Waals surface area (Å²) in [6, 6.07) is 0.521. The zero-order valence-electron chi connectivity index (χ0n) is 16.4. The molecule has 28 heavy (non-hydrogen) atoms. The van der Waals surface area contributed by atoms with Crippen LogP contribution in [0.3, 0.4) is 0 Å². The van der Waals surface area contributed by atoms with Crippen molar-refractivity contribution in [2.75, 3.05) is 40.3 Å². The van der Waals surface area contributed by atoms with E-state index in [0.29, 0.717) is 43.4 Å². The Morgan fingerprint density at radius 1 is 1.14 bits per heavy atom. The zero-order chi connectivity index (χ0) is 19.7. The number of amides is 2. The van der Waals surface area contributed by atoms with Crippen molar-refractivity contribution in [2.45, 2.75) is 37.3 Å². The van der Waals surface area contributed by atoms with Gasteiger partial charge in [-0.05, 0) is 26.9 Å². The predicted octanol–water partition coefficient (Wildman–Crippen LogP) is 0.390. The Labute approximate surface area is 164 Å². The lowest BCUT2D eigenvalue weighted by Gasteiger charge is -2.35. The number of oxime groups is 1. The minimum atomic E-state index is -0.592. The highest BCUT2D eigenvalue weighted by atomic mass is 16.7. The molecule has 3 aliphatic rings. The van der Waals surface area contributed by atoms with Gasteiger partial charge in [-0.15, -0.1) is 0 Å². The van der Waals surface area contributed by atoms with Gasteiger partial charge in [0.15, 0.2) is 5.60 Å². The third kappa shape index (κ3) is 3.58. The Hall–Kier alpha value is -2.55. The SMILES string of the molecule is CN(C)C1CCN(C(=O)C2=NO[C@]3(CCN(C(=O)c4cnccn4)C3)C2)CC1. The van der Waals surface area contributed by atoms with Gasteiger partial charge in [0.2, 0.25) is 0 Å². The number of carbonyl (C=O) groups is 2. The van der Waals surface area contributed by atoms with Gasteiger partial charge in [-0.1, -0.05) is 5.16 Å². The fourth-order valence-electron chi connectivity index (χ4n) is 4.21. The molecule has 0 N–H and O–H groups in total. The maximum atomic E-state index is 12.9. The van der Waals surface area contributed by atoms with Crippen LogP contribution in [-0.2, 0) is 9.63 Å². The van der Waals surface area contributed by atoms with E-state index >= 15 is 0 Å².